The number of ether oxygens (including phenoxy) is 1. The van der Waals surface area contributed by atoms with Gasteiger partial charge < -0.3 is 14.2 Å². The summed E-state index contributed by atoms with van der Waals surface area (Å²) < 4.78 is 7.58. The maximum Gasteiger partial charge on any atom is 0.253 e. The molecule has 0 N–H and O–H groups in total. The fraction of sp³-hybridized carbons (Fsp3) is 0.625. The number of piperazine rings is 1. The Morgan fingerprint density at radius 2 is 2.18 bits per heavy atom. The standard InChI is InChI=1S/C16H24N4O2/c1-12-13(5-4-10-22-12)16(21)20-9-8-18(2)14(11-20)15-17-6-7-19(15)3/h6-7,14H,4-5,8-11H2,1-3H3/t14-/m0/s1. The van der Waals surface area contributed by atoms with E-state index >= 15 is 0 Å². The van der Waals surface area contributed by atoms with E-state index in [2.05, 4.69) is 16.9 Å². The second kappa shape index (κ2) is 6.12. The van der Waals surface area contributed by atoms with E-state index in [0.29, 0.717) is 6.54 Å². The smallest absolute Gasteiger partial charge is 0.253 e. The van der Waals surface area contributed by atoms with Gasteiger partial charge >= 0.3 is 0 Å². The summed E-state index contributed by atoms with van der Waals surface area (Å²) in [7, 11) is 4.09. The van der Waals surface area contributed by atoms with Crippen molar-refractivity contribution in [3.63, 3.8) is 0 Å². The molecule has 3 rings (SSSR count). The van der Waals surface area contributed by atoms with Crippen molar-refractivity contribution in [3.05, 3.63) is 29.6 Å². The van der Waals surface area contributed by atoms with E-state index in [9.17, 15) is 4.79 Å². The fourth-order valence-corrected chi connectivity index (χ4v) is 3.22. The second-order valence-electron chi connectivity index (χ2n) is 6.13. The van der Waals surface area contributed by atoms with Gasteiger partial charge in [0.25, 0.3) is 5.91 Å². The molecule has 1 aromatic heterocycles. The van der Waals surface area contributed by atoms with Crippen LogP contribution in [-0.4, -0.2) is 58.5 Å². The van der Waals surface area contributed by atoms with E-state index in [1.807, 2.05) is 35.8 Å². The molecule has 0 unspecified atom stereocenters. The van der Waals surface area contributed by atoms with Crippen LogP contribution < -0.4 is 0 Å². The monoisotopic (exact) mass is 304 g/mol. The van der Waals surface area contributed by atoms with Crippen LogP contribution in [-0.2, 0) is 16.6 Å². The van der Waals surface area contributed by atoms with Crippen molar-refractivity contribution in [2.45, 2.75) is 25.8 Å². The average Bonchev–Trinajstić information content (AvgIpc) is 2.93. The maximum absolute atomic E-state index is 12.8. The van der Waals surface area contributed by atoms with Gasteiger partial charge in [-0.15, -0.1) is 0 Å². The van der Waals surface area contributed by atoms with Gasteiger partial charge in [-0.3, -0.25) is 9.69 Å². The molecule has 0 spiro atoms. The second-order valence-corrected chi connectivity index (χ2v) is 6.13. The van der Waals surface area contributed by atoms with Gasteiger partial charge in [0.2, 0.25) is 0 Å². The highest BCUT2D eigenvalue weighted by atomic mass is 16.5. The number of aromatic nitrogens is 2. The first-order valence-electron chi connectivity index (χ1n) is 7.87. The number of allylic oxidation sites excluding steroid dienone is 1. The lowest BCUT2D eigenvalue weighted by atomic mass is 10.0. The Morgan fingerprint density at radius 1 is 1.36 bits per heavy atom. The van der Waals surface area contributed by atoms with Crippen LogP contribution in [0.25, 0.3) is 0 Å². The van der Waals surface area contributed by atoms with Gasteiger partial charge in [0.05, 0.1) is 18.2 Å². The normalized spacial score (nSPS) is 23.6. The number of carbonyl (C=O) groups excluding carboxylic acids is 1. The summed E-state index contributed by atoms with van der Waals surface area (Å²) in [5, 5.41) is 0. The molecular weight excluding hydrogens is 280 g/mol. The number of hydrogen-bond donors (Lipinski definition) is 0. The SMILES string of the molecule is CC1=C(C(=O)N2CCN(C)[C@H](c3nccn3C)C2)CCCO1. The zero-order valence-electron chi connectivity index (χ0n) is 13.6. The Balaban J connectivity index is 1.78. The zero-order chi connectivity index (χ0) is 15.7. The van der Waals surface area contributed by atoms with Gasteiger partial charge in [0.1, 0.15) is 11.6 Å². The maximum atomic E-state index is 12.8. The number of aryl methyl sites for hydroxylation is 1. The minimum atomic E-state index is 0.129. The molecule has 1 amide bonds. The molecule has 0 radical (unpaired) electrons. The molecule has 0 saturated carbocycles. The predicted molar refractivity (Wildman–Crippen MR) is 83.0 cm³/mol. The van der Waals surface area contributed by atoms with Crippen molar-refractivity contribution in [3.8, 4) is 0 Å². The highest BCUT2D eigenvalue weighted by molar-refractivity contribution is 5.94. The molecule has 2 aliphatic heterocycles. The van der Waals surface area contributed by atoms with Crippen LogP contribution in [0, 0.1) is 0 Å². The van der Waals surface area contributed by atoms with Crippen LogP contribution in [0.3, 0.4) is 0 Å². The van der Waals surface area contributed by atoms with E-state index in [4.69, 9.17) is 4.74 Å². The quantitative estimate of drug-likeness (QED) is 0.827. The van der Waals surface area contributed by atoms with Crippen LogP contribution in [0.2, 0.25) is 0 Å². The summed E-state index contributed by atoms with van der Waals surface area (Å²) in [6.07, 6.45) is 5.51. The summed E-state index contributed by atoms with van der Waals surface area (Å²) in [5.74, 6) is 1.93. The van der Waals surface area contributed by atoms with Crippen LogP contribution in [0.15, 0.2) is 23.7 Å². The Morgan fingerprint density at radius 3 is 2.86 bits per heavy atom. The number of likely N-dealkylation sites (N-methyl/N-ethyl adjacent to an activating group) is 1. The van der Waals surface area contributed by atoms with Crippen molar-refractivity contribution in [2.75, 3.05) is 33.3 Å². The third kappa shape index (κ3) is 2.75. The lowest BCUT2D eigenvalue weighted by Gasteiger charge is -2.39. The largest absolute Gasteiger partial charge is 0.498 e. The molecular formula is C16H24N4O2. The molecule has 2 aliphatic rings. The first kappa shape index (κ1) is 15.1. The number of amides is 1. The number of imidazole rings is 1. The Bertz CT molecular complexity index is 593. The number of rotatable bonds is 2. The van der Waals surface area contributed by atoms with E-state index in [1.165, 1.54) is 0 Å². The molecule has 6 heteroatoms. The predicted octanol–water partition coefficient (Wildman–Crippen LogP) is 1.32. The van der Waals surface area contributed by atoms with Gasteiger partial charge in [-0.05, 0) is 26.8 Å². The van der Waals surface area contributed by atoms with Crippen molar-refractivity contribution in [2.24, 2.45) is 7.05 Å². The average molecular weight is 304 g/mol. The van der Waals surface area contributed by atoms with E-state index in [0.717, 1.165) is 49.7 Å². The minimum absolute atomic E-state index is 0.129. The van der Waals surface area contributed by atoms with Crippen molar-refractivity contribution >= 4 is 5.91 Å². The van der Waals surface area contributed by atoms with Crippen LogP contribution >= 0.6 is 0 Å². The Kier molecular flexibility index (Phi) is 4.20. The van der Waals surface area contributed by atoms with Gasteiger partial charge in [0.15, 0.2) is 0 Å². The lowest BCUT2D eigenvalue weighted by molar-refractivity contribution is -0.130. The lowest BCUT2D eigenvalue weighted by Crippen LogP contribution is -2.50. The molecule has 0 bridgehead atoms. The molecule has 1 saturated heterocycles. The summed E-state index contributed by atoms with van der Waals surface area (Å²) in [4.78, 5) is 21.5. The molecule has 0 aliphatic carbocycles. The molecule has 6 nitrogen and oxygen atoms in total. The summed E-state index contributed by atoms with van der Waals surface area (Å²) >= 11 is 0. The van der Waals surface area contributed by atoms with Gasteiger partial charge in [-0.2, -0.15) is 0 Å². The van der Waals surface area contributed by atoms with Crippen LogP contribution in [0.5, 0.6) is 0 Å². The summed E-state index contributed by atoms with van der Waals surface area (Å²) in [6, 6.07) is 0.142. The molecule has 1 atom stereocenters. The highest BCUT2D eigenvalue weighted by Crippen LogP contribution is 2.26. The minimum Gasteiger partial charge on any atom is -0.498 e. The molecule has 1 fully saturated rings. The van der Waals surface area contributed by atoms with Crippen molar-refractivity contribution in [1.29, 1.82) is 0 Å². The number of hydrogen-bond acceptors (Lipinski definition) is 4. The molecule has 3 heterocycles. The van der Waals surface area contributed by atoms with E-state index < -0.39 is 0 Å². The summed E-state index contributed by atoms with van der Waals surface area (Å²) in [6.45, 7) is 4.92. The highest BCUT2D eigenvalue weighted by Gasteiger charge is 2.32. The fourth-order valence-electron chi connectivity index (χ4n) is 3.22. The molecule has 0 aromatic carbocycles. The topological polar surface area (TPSA) is 50.6 Å². The molecule has 120 valence electrons. The van der Waals surface area contributed by atoms with Gasteiger partial charge in [-0.25, -0.2) is 4.98 Å². The number of nitrogens with zero attached hydrogens (tertiary/aromatic N) is 4. The summed E-state index contributed by atoms with van der Waals surface area (Å²) in [5.41, 5.74) is 0.842. The molecule has 22 heavy (non-hydrogen) atoms. The van der Waals surface area contributed by atoms with E-state index in [-0.39, 0.29) is 11.9 Å². The Hall–Kier alpha value is -1.82. The van der Waals surface area contributed by atoms with Crippen LogP contribution in [0.1, 0.15) is 31.6 Å². The van der Waals surface area contributed by atoms with Crippen molar-refractivity contribution < 1.29 is 9.53 Å². The number of carbonyl (C=O) groups is 1. The van der Waals surface area contributed by atoms with E-state index in [1.54, 1.807) is 0 Å². The zero-order valence-corrected chi connectivity index (χ0v) is 13.6. The third-order valence-corrected chi connectivity index (χ3v) is 4.66. The first-order chi connectivity index (χ1) is 10.6. The molecule has 1 aromatic rings. The third-order valence-electron chi connectivity index (χ3n) is 4.66. The van der Waals surface area contributed by atoms with Gasteiger partial charge in [-0.1, -0.05) is 0 Å². The van der Waals surface area contributed by atoms with Crippen molar-refractivity contribution in [1.82, 2.24) is 19.4 Å². The van der Waals surface area contributed by atoms with Crippen LogP contribution in [0.4, 0.5) is 0 Å². The van der Waals surface area contributed by atoms with Gasteiger partial charge in [0, 0.05) is 39.1 Å². The first-order valence-corrected chi connectivity index (χ1v) is 7.87. The Labute approximate surface area is 131 Å².